The van der Waals surface area contributed by atoms with Gasteiger partial charge in [0.2, 0.25) is 5.79 Å². The van der Waals surface area contributed by atoms with E-state index in [2.05, 4.69) is 10.6 Å². The molecular weight excluding hydrogens is 424 g/mol. The summed E-state index contributed by atoms with van der Waals surface area (Å²) in [6.45, 7) is 1.71. The van der Waals surface area contributed by atoms with Crippen molar-refractivity contribution in [1.29, 1.82) is 0 Å². The van der Waals surface area contributed by atoms with Crippen LogP contribution in [0.5, 0.6) is 11.5 Å². The minimum atomic E-state index is -1.98. The number of morpholine rings is 1. The Morgan fingerprint density at radius 2 is 2.12 bits per heavy atom. The fourth-order valence-electron chi connectivity index (χ4n) is 3.84. The number of nitrogens with one attached hydrogen (secondary N) is 2. The molecule has 0 aromatic heterocycles. The number of aromatic hydroxyl groups is 1. The van der Waals surface area contributed by atoms with Crippen LogP contribution in [-0.4, -0.2) is 84.7 Å². The molecule has 0 radical (unpaired) electrons. The highest BCUT2D eigenvalue weighted by atomic mass is 16.7. The molecule has 11 nitrogen and oxygen atoms in total. The largest absolute Gasteiger partial charge is 0.504 e. The Morgan fingerprint density at radius 3 is 2.78 bits per heavy atom. The highest BCUT2D eigenvalue weighted by Gasteiger charge is 2.59. The van der Waals surface area contributed by atoms with Crippen LogP contribution >= 0.6 is 0 Å². The number of aliphatic hydroxyl groups excluding tert-OH is 1. The maximum absolute atomic E-state index is 12.6. The highest BCUT2D eigenvalue weighted by molar-refractivity contribution is 5.87. The molecule has 32 heavy (non-hydrogen) atoms. The van der Waals surface area contributed by atoms with E-state index in [0.29, 0.717) is 17.7 Å². The first-order chi connectivity index (χ1) is 15.2. The molecule has 2 fully saturated rings. The second kappa shape index (κ2) is 9.84. The Labute approximate surface area is 184 Å². The van der Waals surface area contributed by atoms with Crippen LogP contribution in [0, 0.1) is 0 Å². The van der Waals surface area contributed by atoms with E-state index in [-0.39, 0.29) is 24.6 Å². The van der Waals surface area contributed by atoms with E-state index in [1.807, 2.05) is 0 Å². The van der Waals surface area contributed by atoms with Crippen molar-refractivity contribution in [2.75, 3.05) is 27.2 Å². The van der Waals surface area contributed by atoms with Gasteiger partial charge in [0.05, 0.1) is 13.7 Å². The summed E-state index contributed by atoms with van der Waals surface area (Å²) in [6.07, 6.45) is -2.33. The Kier molecular flexibility index (Phi) is 7.36. The van der Waals surface area contributed by atoms with E-state index in [4.69, 9.17) is 18.9 Å². The number of esters is 2. The fourth-order valence-corrected chi connectivity index (χ4v) is 3.84. The zero-order valence-corrected chi connectivity index (χ0v) is 18.0. The van der Waals surface area contributed by atoms with Gasteiger partial charge in [-0.15, -0.1) is 0 Å². The smallest absolute Gasteiger partial charge is 0.331 e. The number of hydrogen-bond donors (Lipinski definition) is 5. The molecule has 2 aliphatic rings. The Bertz CT molecular complexity index is 890. The molecule has 0 amide bonds. The number of carbonyl (C=O) groups excluding carboxylic acids is 2. The quantitative estimate of drug-likeness (QED) is 0.256. The van der Waals surface area contributed by atoms with Crippen LogP contribution in [0.15, 0.2) is 18.2 Å². The van der Waals surface area contributed by atoms with Crippen molar-refractivity contribution in [3.05, 3.63) is 29.3 Å². The number of methoxy groups -OCH3 is 1. The lowest BCUT2D eigenvalue weighted by Gasteiger charge is -2.50. The Morgan fingerprint density at radius 1 is 1.38 bits per heavy atom. The molecule has 1 aromatic carbocycles. The number of phenolic OH excluding ortho intramolecular Hbond substituents is 1. The van der Waals surface area contributed by atoms with Crippen molar-refractivity contribution < 1.29 is 43.9 Å². The van der Waals surface area contributed by atoms with Gasteiger partial charge in [0.15, 0.2) is 23.7 Å². The normalized spacial score (nSPS) is 29.5. The van der Waals surface area contributed by atoms with Crippen LogP contribution in [0.3, 0.4) is 0 Å². The molecular formula is C21H28N2O9. The summed E-state index contributed by atoms with van der Waals surface area (Å²) in [5.41, 5.74) is 1.28. The van der Waals surface area contributed by atoms with Gasteiger partial charge < -0.3 is 44.9 Å². The van der Waals surface area contributed by atoms with Gasteiger partial charge >= 0.3 is 11.9 Å². The van der Waals surface area contributed by atoms with Gasteiger partial charge in [-0.1, -0.05) is 0 Å². The standard InChI is InChI=1S/C21H28N2O9/c1-11(24)30-19-18(27)16-9-23-10-21(28,32-16)20(19)31-17(26)5-4-12-7-15(29-3)14(25)6-13(12)8-22-2/h4-7,16,18-20,22-23,25,27-28H,8-10H2,1-3H3/t16-,18+,19+,20-,21-/m1/s1. The van der Waals surface area contributed by atoms with Crippen molar-refractivity contribution in [3.8, 4) is 11.5 Å². The fraction of sp³-hybridized carbons (Fsp3) is 0.524. The monoisotopic (exact) mass is 452 g/mol. The average molecular weight is 452 g/mol. The van der Waals surface area contributed by atoms with Gasteiger partial charge in [0, 0.05) is 26.1 Å². The van der Waals surface area contributed by atoms with Crippen LogP contribution in [-0.2, 0) is 30.3 Å². The van der Waals surface area contributed by atoms with Gasteiger partial charge in [-0.25, -0.2) is 4.79 Å². The molecule has 0 saturated carbocycles. The first-order valence-electron chi connectivity index (χ1n) is 10.1. The molecule has 2 aliphatic heterocycles. The summed E-state index contributed by atoms with van der Waals surface area (Å²) in [4.78, 5) is 24.1. The first-order valence-corrected chi connectivity index (χ1v) is 10.1. The summed E-state index contributed by atoms with van der Waals surface area (Å²) < 4.78 is 21.2. The molecule has 0 aliphatic carbocycles. The maximum atomic E-state index is 12.6. The summed E-state index contributed by atoms with van der Waals surface area (Å²) in [7, 11) is 3.14. The van der Waals surface area contributed by atoms with Crippen LogP contribution in [0.25, 0.3) is 6.08 Å². The second-order valence-electron chi connectivity index (χ2n) is 7.64. The van der Waals surface area contributed by atoms with Crippen molar-refractivity contribution in [1.82, 2.24) is 10.6 Å². The van der Waals surface area contributed by atoms with Gasteiger partial charge in [0.25, 0.3) is 0 Å². The van der Waals surface area contributed by atoms with E-state index < -0.39 is 42.1 Å². The zero-order valence-electron chi connectivity index (χ0n) is 18.0. The lowest BCUT2D eigenvalue weighted by atomic mass is 9.89. The zero-order chi connectivity index (χ0) is 23.5. The highest BCUT2D eigenvalue weighted by Crippen LogP contribution is 2.34. The van der Waals surface area contributed by atoms with Crippen LogP contribution in [0.4, 0.5) is 0 Å². The number of hydrogen-bond acceptors (Lipinski definition) is 11. The van der Waals surface area contributed by atoms with E-state index in [9.17, 15) is 24.9 Å². The number of benzene rings is 1. The molecule has 2 heterocycles. The third kappa shape index (κ3) is 5.03. The SMILES string of the molecule is CNCc1cc(O)c(OC)cc1C=CC(=O)O[C@@H]1[C@@H](OC(C)=O)[C@@H](O)[C@H]2CNC[C@@]1(O)O2. The number of β-amino-alcohol motifs (C(OH)–C–C–N with tert-alkyl or cyclic N) is 1. The minimum Gasteiger partial charge on any atom is -0.504 e. The van der Waals surface area contributed by atoms with Crippen LogP contribution < -0.4 is 15.4 Å². The van der Waals surface area contributed by atoms with Gasteiger partial charge in [-0.05, 0) is 36.4 Å². The lowest BCUT2D eigenvalue weighted by molar-refractivity contribution is -0.354. The number of fused-ring (bicyclic) bond motifs is 2. The first kappa shape index (κ1) is 24.0. The van der Waals surface area contributed by atoms with E-state index in [1.165, 1.54) is 19.3 Å². The summed E-state index contributed by atoms with van der Waals surface area (Å²) in [5, 5.41) is 37.2. The van der Waals surface area contributed by atoms with Gasteiger partial charge in [0.1, 0.15) is 12.2 Å². The maximum Gasteiger partial charge on any atom is 0.331 e. The van der Waals surface area contributed by atoms with E-state index in [1.54, 1.807) is 13.1 Å². The molecule has 176 valence electrons. The summed E-state index contributed by atoms with van der Waals surface area (Å²) >= 11 is 0. The van der Waals surface area contributed by atoms with Crippen molar-refractivity contribution in [2.24, 2.45) is 0 Å². The lowest BCUT2D eigenvalue weighted by Crippen LogP contribution is -2.73. The number of carbonyl (C=O) groups is 2. The van der Waals surface area contributed by atoms with Crippen molar-refractivity contribution in [3.63, 3.8) is 0 Å². The average Bonchev–Trinajstić information content (AvgIpc) is 2.74. The summed E-state index contributed by atoms with van der Waals surface area (Å²) in [6, 6.07) is 3.07. The number of phenols is 1. The number of rotatable bonds is 7. The second-order valence-corrected chi connectivity index (χ2v) is 7.64. The van der Waals surface area contributed by atoms with Crippen molar-refractivity contribution >= 4 is 18.0 Å². The molecule has 2 saturated heterocycles. The molecule has 5 N–H and O–H groups in total. The predicted molar refractivity (Wildman–Crippen MR) is 111 cm³/mol. The Balaban J connectivity index is 1.83. The Hall–Kier alpha value is -2.70. The van der Waals surface area contributed by atoms with E-state index >= 15 is 0 Å². The molecule has 1 aromatic rings. The predicted octanol–water partition coefficient (Wildman–Crippen LogP) is -0.972. The minimum absolute atomic E-state index is 0.0448. The topological polar surface area (TPSA) is 156 Å². The molecule has 0 unspecified atom stereocenters. The third-order valence-electron chi connectivity index (χ3n) is 5.29. The van der Waals surface area contributed by atoms with Crippen LogP contribution in [0.2, 0.25) is 0 Å². The molecule has 0 spiro atoms. The molecule has 3 rings (SSSR count). The molecule has 5 atom stereocenters. The van der Waals surface area contributed by atoms with Gasteiger partial charge in [-0.3, -0.25) is 4.79 Å². The van der Waals surface area contributed by atoms with Crippen molar-refractivity contribution in [2.45, 2.75) is 43.7 Å². The summed E-state index contributed by atoms with van der Waals surface area (Å²) in [5.74, 6) is -3.36. The number of ether oxygens (including phenoxy) is 4. The van der Waals surface area contributed by atoms with Crippen LogP contribution in [0.1, 0.15) is 18.1 Å². The molecule has 11 heteroatoms. The van der Waals surface area contributed by atoms with Gasteiger partial charge in [-0.2, -0.15) is 0 Å². The van der Waals surface area contributed by atoms with E-state index in [0.717, 1.165) is 13.0 Å². The molecule has 2 bridgehead atoms. The number of aliphatic hydroxyl groups is 2. The third-order valence-corrected chi connectivity index (χ3v) is 5.29.